The largest absolute Gasteiger partial charge is 0.497 e. The summed E-state index contributed by atoms with van der Waals surface area (Å²) in [6.07, 6.45) is 3.42. The van der Waals surface area contributed by atoms with Gasteiger partial charge in [0, 0.05) is 19.5 Å². The lowest BCUT2D eigenvalue weighted by atomic mass is 10.0. The Bertz CT molecular complexity index is 1000. The van der Waals surface area contributed by atoms with Gasteiger partial charge in [-0.15, -0.1) is 5.10 Å². The SMILES string of the molecule is COc1ccc(-n2nnc3cnc(C[C@H]4CCN(C(=O)CN(C)C)C4)nc32)cc1. The molecule has 3 aromatic rings. The fourth-order valence-corrected chi connectivity index (χ4v) is 3.61. The van der Waals surface area contributed by atoms with Gasteiger partial charge < -0.3 is 14.5 Å². The van der Waals surface area contributed by atoms with Gasteiger partial charge in [-0.1, -0.05) is 5.21 Å². The molecule has 9 nitrogen and oxygen atoms in total. The first kappa shape index (κ1) is 19.3. The lowest BCUT2D eigenvalue weighted by Gasteiger charge is -2.18. The Morgan fingerprint density at radius 1 is 1.28 bits per heavy atom. The Morgan fingerprint density at radius 2 is 2.07 bits per heavy atom. The molecular weight excluding hydrogens is 370 g/mol. The maximum atomic E-state index is 12.3. The molecule has 0 saturated carbocycles. The molecule has 1 aromatic carbocycles. The first-order valence-electron chi connectivity index (χ1n) is 9.67. The summed E-state index contributed by atoms with van der Waals surface area (Å²) in [5, 5.41) is 8.40. The van der Waals surface area contributed by atoms with Gasteiger partial charge in [0.15, 0.2) is 11.2 Å². The highest BCUT2D eigenvalue weighted by Gasteiger charge is 2.27. The van der Waals surface area contributed by atoms with Crippen molar-refractivity contribution < 1.29 is 9.53 Å². The van der Waals surface area contributed by atoms with Gasteiger partial charge in [-0.05, 0) is 50.7 Å². The third-order valence-corrected chi connectivity index (χ3v) is 5.12. The summed E-state index contributed by atoms with van der Waals surface area (Å²) in [5.74, 6) is 2.07. The van der Waals surface area contributed by atoms with Crippen LogP contribution in [0, 0.1) is 5.92 Å². The zero-order chi connectivity index (χ0) is 20.4. The van der Waals surface area contributed by atoms with Crippen LogP contribution in [0.4, 0.5) is 0 Å². The molecule has 9 heteroatoms. The lowest BCUT2D eigenvalue weighted by molar-refractivity contribution is -0.130. The fourth-order valence-electron chi connectivity index (χ4n) is 3.61. The number of hydrogen-bond donors (Lipinski definition) is 0. The summed E-state index contributed by atoms with van der Waals surface area (Å²) in [4.78, 5) is 25.3. The molecule has 152 valence electrons. The van der Waals surface area contributed by atoms with E-state index >= 15 is 0 Å². The third kappa shape index (κ3) is 4.19. The molecule has 1 saturated heterocycles. The van der Waals surface area contributed by atoms with Crippen LogP contribution in [0.15, 0.2) is 30.5 Å². The van der Waals surface area contributed by atoms with Crippen LogP contribution in [0.1, 0.15) is 12.2 Å². The predicted octanol–water partition coefficient (Wildman–Crippen LogP) is 1.17. The first-order chi connectivity index (χ1) is 14.0. The van der Waals surface area contributed by atoms with Crippen LogP contribution in [-0.4, -0.2) is 81.5 Å². The van der Waals surface area contributed by atoms with E-state index in [1.165, 1.54) is 0 Å². The second-order valence-electron chi connectivity index (χ2n) is 7.63. The van der Waals surface area contributed by atoms with Gasteiger partial charge in [0.05, 0.1) is 25.5 Å². The smallest absolute Gasteiger partial charge is 0.236 e. The normalized spacial score (nSPS) is 16.7. The van der Waals surface area contributed by atoms with Gasteiger partial charge in [-0.25, -0.2) is 9.97 Å². The van der Waals surface area contributed by atoms with E-state index in [0.717, 1.165) is 43.2 Å². The summed E-state index contributed by atoms with van der Waals surface area (Å²) in [6, 6.07) is 7.59. The topological polar surface area (TPSA) is 89.3 Å². The van der Waals surface area contributed by atoms with E-state index in [0.29, 0.717) is 23.6 Å². The zero-order valence-corrected chi connectivity index (χ0v) is 16.9. The number of nitrogens with zero attached hydrogens (tertiary/aromatic N) is 7. The molecule has 0 aliphatic carbocycles. The molecule has 1 fully saturated rings. The molecule has 1 amide bonds. The fraction of sp³-hybridized carbons (Fsp3) is 0.450. The van der Waals surface area contributed by atoms with Gasteiger partial charge in [0.1, 0.15) is 11.6 Å². The van der Waals surface area contributed by atoms with Crippen LogP contribution in [0.5, 0.6) is 5.75 Å². The Morgan fingerprint density at radius 3 is 2.79 bits per heavy atom. The molecule has 1 atom stereocenters. The predicted molar refractivity (Wildman–Crippen MR) is 108 cm³/mol. The quantitative estimate of drug-likeness (QED) is 0.619. The van der Waals surface area contributed by atoms with Crippen LogP contribution in [0.3, 0.4) is 0 Å². The number of methoxy groups -OCH3 is 1. The second-order valence-corrected chi connectivity index (χ2v) is 7.63. The Balaban J connectivity index is 1.50. The van der Waals surface area contributed by atoms with Gasteiger partial charge in [0.25, 0.3) is 0 Å². The van der Waals surface area contributed by atoms with Crippen molar-refractivity contribution in [3.63, 3.8) is 0 Å². The molecule has 0 spiro atoms. The minimum Gasteiger partial charge on any atom is -0.497 e. The number of amides is 1. The standard InChI is InChI=1S/C20H25N7O2/c1-25(2)13-19(28)26-9-8-14(12-26)10-18-21-11-17-20(22-18)27(24-23-17)15-4-6-16(29-3)7-5-15/h4-7,11,14H,8-10,12-13H2,1-3H3/t14-/m1/s1. The molecule has 1 aliphatic heterocycles. The Hall–Kier alpha value is -3.07. The lowest BCUT2D eigenvalue weighted by Crippen LogP contribution is -2.36. The van der Waals surface area contributed by atoms with Gasteiger partial charge >= 0.3 is 0 Å². The summed E-state index contributed by atoms with van der Waals surface area (Å²) >= 11 is 0. The molecule has 1 aliphatic rings. The van der Waals surface area contributed by atoms with Crippen LogP contribution in [0.2, 0.25) is 0 Å². The number of aromatic nitrogens is 5. The zero-order valence-electron chi connectivity index (χ0n) is 16.9. The summed E-state index contributed by atoms with van der Waals surface area (Å²) in [5.41, 5.74) is 2.19. The number of rotatable bonds is 6. The third-order valence-electron chi connectivity index (χ3n) is 5.12. The molecular formula is C20H25N7O2. The molecule has 0 N–H and O–H groups in total. The maximum Gasteiger partial charge on any atom is 0.236 e. The van der Waals surface area contributed by atoms with Gasteiger partial charge in [0.2, 0.25) is 5.91 Å². The van der Waals surface area contributed by atoms with E-state index in [1.807, 2.05) is 48.2 Å². The number of ether oxygens (including phenoxy) is 1. The molecule has 29 heavy (non-hydrogen) atoms. The number of benzene rings is 1. The van der Waals surface area contributed by atoms with Gasteiger partial charge in [-0.3, -0.25) is 4.79 Å². The number of likely N-dealkylation sites (N-methyl/N-ethyl adjacent to an activating group) is 1. The molecule has 2 aromatic heterocycles. The van der Waals surface area contributed by atoms with Gasteiger partial charge in [-0.2, -0.15) is 4.68 Å². The van der Waals surface area contributed by atoms with Crippen molar-refractivity contribution in [1.29, 1.82) is 0 Å². The van der Waals surface area contributed by atoms with Crippen LogP contribution in [0.25, 0.3) is 16.9 Å². The van der Waals surface area contributed by atoms with Crippen molar-refractivity contribution in [2.75, 3.05) is 40.8 Å². The average Bonchev–Trinajstić information content (AvgIpc) is 3.34. The Labute approximate surface area is 169 Å². The van der Waals surface area contributed by atoms with E-state index in [-0.39, 0.29) is 5.91 Å². The Kier molecular flexibility index (Phi) is 5.39. The van der Waals surface area contributed by atoms with E-state index in [2.05, 4.69) is 15.3 Å². The number of hydrogen-bond acceptors (Lipinski definition) is 7. The van der Waals surface area contributed by atoms with E-state index in [4.69, 9.17) is 9.72 Å². The highest BCUT2D eigenvalue weighted by atomic mass is 16.5. The minimum atomic E-state index is 0.177. The molecule has 0 unspecified atom stereocenters. The first-order valence-corrected chi connectivity index (χ1v) is 9.67. The van der Waals surface area contributed by atoms with Crippen molar-refractivity contribution in [2.45, 2.75) is 12.8 Å². The van der Waals surface area contributed by atoms with E-state index in [9.17, 15) is 4.79 Å². The molecule has 0 radical (unpaired) electrons. The van der Waals surface area contributed by atoms with Crippen molar-refractivity contribution in [3.8, 4) is 11.4 Å². The minimum absolute atomic E-state index is 0.177. The van der Waals surface area contributed by atoms with Crippen LogP contribution >= 0.6 is 0 Å². The number of carbonyl (C=O) groups is 1. The van der Waals surface area contributed by atoms with Crippen molar-refractivity contribution in [1.82, 2.24) is 34.8 Å². The maximum absolute atomic E-state index is 12.3. The second kappa shape index (κ2) is 8.12. The average molecular weight is 395 g/mol. The van der Waals surface area contributed by atoms with Crippen molar-refractivity contribution in [3.05, 3.63) is 36.3 Å². The molecule has 3 heterocycles. The summed E-state index contributed by atoms with van der Waals surface area (Å²) in [7, 11) is 5.46. The van der Waals surface area contributed by atoms with Crippen LogP contribution < -0.4 is 4.74 Å². The summed E-state index contributed by atoms with van der Waals surface area (Å²) < 4.78 is 6.92. The van der Waals surface area contributed by atoms with E-state index in [1.54, 1.807) is 18.0 Å². The number of carbonyl (C=O) groups excluding carboxylic acids is 1. The van der Waals surface area contributed by atoms with Crippen LogP contribution in [-0.2, 0) is 11.2 Å². The highest BCUT2D eigenvalue weighted by Crippen LogP contribution is 2.22. The van der Waals surface area contributed by atoms with E-state index < -0.39 is 0 Å². The van der Waals surface area contributed by atoms with Crippen molar-refractivity contribution >= 4 is 17.1 Å². The highest BCUT2D eigenvalue weighted by molar-refractivity contribution is 5.78. The molecule has 4 rings (SSSR count). The number of fused-ring (bicyclic) bond motifs is 1. The molecule has 0 bridgehead atoms. The van der Waals surface area contributed by atoms with Crippen molar-refractivity contribution in [2.24, 2.45) is 5.92 Å². The monoisotopic (exact) mass is 395 g/mol. The number of likely N-dealkylation sites (tertiary alicyclic amines) is 1. The summed E-state index contributed by atoms with van der Waals surface area (Å²) in [6.45, 7) is 2.00.